The van der Waals surface area contributed by atoms with E-state index >= 15 is 0 Å². The minimum atomic E-state index is -1.21. The van der Waals surface area contributed by atoms with Crippen molar-refractivity contribution in [1.29, 1.82) is 0 Å². The number of nitrogens with zero attached hydrogens (tertiary/aromatic N) is 2. The highest BCUT2D eigenvalue weighted by Crippen LogP contribution is 2.30. The molecule has 1 heterocycles. The summed E-state index contributed by atoms with van der Waals surface area (Å²) >= 11 is 0. The molecule has 1 aromatic heterocycles. The van der Waals surface area contributed by atoms with Crippen LogP contribution in [0.25, 0.3) is 22.5 Å². The van der Waals surface area contributed by atoms with Crippen molar-refractivity contribution in [3.8, 4) is 34.0 Å². The van der Waals surface area contributed by atoms with E-state index in [-0.39, 0.29) is 25.6 Å². The minimum Gasteiger partial charge on any atom is -0.550 e. The molecule has 0 fully saturated rings. The van der Waals surface area contributed by atoms with Gasteiger partial charge >= 0.3 is 0 Å². The first-order valence-electron chi connectivity index (χ1n) is 13.9. The highest BCUT2D eigenvalue weighted by atomic mass is 19.1. The zero-order valence-electron chi connectivity index (χ0n) is 23.6. The zero-order valence-corrected chi connectivity index (χ0v) is 23.6. The van der Waals surface area contributed by atoms with Crippen LogP contribution in [-0.4, -0.2) is 21.9 Å². The second-order valence-corrected chi connectivity index (χ2v) is 10.3. The molecule has 0 spiro atoms. The van der Waals surface area contributed by atoms with Crippen LogP contribution in [0, 0.1) is 5.82 Å². The number of aromatic nitrogens is 2. The summed E-state index contributed by atoms with van der Waals surface area (Å²) in [5.41, 5.74) is 6.16. The van der Waals surface area contributed by atoms with Crippen LogP contribution in [0.3, 0.4) is 0 Å². The van der Waals surface area contributed by atoms with Gasteiger partial charge in [-0.15, -0.1) is 0 Å². The average molecular weight is 564 g/mol. The first-order valence-corrected chi connectivity index (χ1v) is 13.9. The molecule has 0 unspecified atom stereocenters. The van der Waals surface area contributed by atoms with Crippen molar-refractivity contribution in [2.24, 2.45) is 0 Å². The molecule has 6 nitrogen and oxygen atoms in total. The Morgan fingerprint density at radius 3 is 2.24 bits per heavy atom. The maximum atomic E-state index is 14.4. The third-order valence-electron chi connectivity index (χ3n) is 6.76. The van der Waals surface area contributed by atoms with E-state index in [2.05, 4.69) is 30.3 Å². The molecule has 0 saturated heterocycles. The van der Waals surface area contributed by atoms with Gasteiger partial charge in [0.05, 0.1) is 24.0 Å². The Labute approximate surface area is 245 Å². The molecule has 4 aromatic carbocycles. The number of ether oxygens (including phenoxy) is 2. The summed E-state index contributed by atoms with van der Waals surface area (Å²) in [4.78, 5) is 10.7. The van der Waals surface area contributed by atoms with E-state index in [1.54, 1.807) is 12.1 Å². The van der Waals surface area contributed by atoms with Crippen molar-refractivity contribution in [3.05, 3.63) is 126 Å². The second-order valence-electron chi connectivity index (χ2n) is 10.3. The number of carbonyl (C=O) groups is 1. The quantitative estimate of drug-likeness (QED) is 0.174. The number of carbonyl (C=O) groups excluding carboxylic acids is 1. The lowest BCUT2D eigenvalue weighted by Crippen LogP contribution is -2.22. The van der Waals surface area contributed by atoms with Crippen molar-refractivity contribution in [3.63, 3.8) is 0 Å². The molecular weight excluding hydrogens is 531 g/mol. The van der Waals surface area contributed by atoms with Crippen LogP contribution in [-0.2, 0) is 24.4 Å². The number of hydrogen-bond acceptors (Lipinski definition) is 5. The minimum absolute atomic E-state index is 0.0475. The number of carboxylic acids is 1. The van der Waals surface area contributed by atoms with E-state index in [0.717, 1.165) is 39.4 Å². The highest BCUT2D eigenvalue weighted by Gasteiger charge is 2.15. The number of rotatable bonds is 12. The molecule has 0 radical (unpaired) electrons. The van der Waals surface area contributed by atoms with Crippen LogP contribution < -0.4 is 14.6 Å². The van der Waals surface area contributed by atoms with Gasteiger partial charge in [0.2, 0.25) is 0 Å². The van der Waals surface area contributed by atoms with Gasteiger partial charge in [0.15, 0.2) is 0 Å². The van der Waals surface area contributed by atoms with Crippen LogP contribution in [0.2, 0.25) is 0 Å². The van der Waals surface area contributed by atoms with Crippen LogP contribution in [0.1, 0.15) is 37.0 Å². The Morgan fingerprint density at radius 2 is 1.57 bits per heavy atom. The Balaban J connectivity index is 1.39. The van der Waals surface area contributed by atoms with E-state index in [9.17, 15) is 14.3 Å². The number of aryl methyl sites for hydroxylation is 1. The monoisotopic (exact) mass is 563 g/mol. The Morgan fingerprint density at radius 1 is 0.881 bits per heavy atom. The summed E-state index contributed by atoms with van der Waals surface area (Å²) < 4.78 is 28.5. The molecule has 0 aliphatic rings. The summed E-state index contributed by atoms with van der Waals surface area (Å²) in [6.45, 7) is 4.67. The molecule has 0 N–H and O–H groups in total. The van der Waals surface area contributed by atoms with E-state index in [4.69, 9.17) is 14.6 Å². The van der Waals surface area contributed by atoms with Crippen LogP contribution in [0.5, 0.6) is 11.5 Å². The fraction of sp³-hybridized carbons (Fsp3) is 0.200. The predicted molar refractivity (Wildman–Crippen MR) is 158 cm³/mol. The van der Waals surface area contributed by atoms with Gasteiger partial charge < -0.3 is 19.4 Å². The van der Waals surface area contributed by atoms with Gasteiger partial charge in [0, 0.05) is 23.2 Å². The predicted octanol–water partition coefficient (Wildman–Crippen LogP) is 6.45. The largest absolute Gasteiger partial charge is 0.550 e. The second kappa shape index (κ2) is 13.2. The van der Waals surface area contributed by atoms with Gasteiger partial charge in [-0.1, -0.05) is 78.9 Å². The fourth-order valence-electron chi connectivity index (χ4n) is 4.70. The van der Waals surface area contributed by atoms with Crippen LogP contribution in [0.15, 0.2) is 103 Å². The molecule has 0 bridgehead atoms. The molecule has 5 rings (SSSR count). The molecule has 0 aliphatic carbocycles. The average Bonchev–Trinajstić information content (AvgIpc) is 3.41. The smallest absolute Gasteiger partial charge is 0.130 e. The van der Waals surface area contributed by atoms with Crippen molar-refractivity contribution in [2.75, 3.05) is 0 Å². The van der Waals surface area contributed by atoms with Gasteiger partial charge in [-0.3, -0.25) is 4.68 Å². The number of benzene rings is 4. The number of hydrogen-bond donors (Lipinski definition) is 0. The van der Waals surface area contributed by atoms with E-state index in [1.165, 1.54) is 6.07 Å². The first-order chi connectivity index (χ1) is 20.4. The Hall–Kier alpha value is -4.91. The van der Waals surface area contributed by atoms with Crippen molar-refractivity contribution in [1.82, 2.24) is 9.78 Å². The van der Waals surface area contributed by atoms with Crippen LogP contribution >= 0.6 is 0 Å². The van der Waals surface area contributed by atoms with Crippen molar-refractivity contribution >= 4 is 5.97 Å². The van der Waals surface area contributed by atoms with Gasteiger partial charge in [0.25, 0.3) is 0 Å². The molecule has 214 valence electrons. The molecule has 42 heavy (non-hydrogen) atoms. The van der Waals surface area contributed by atoms with Gasteiger partial charge in [-0.05, 0) is 61.6 Å². The van der Waals surface area contributed by atoms with Crippen molar-refractivity contribution in [2.45, 2.75) is 45.9 Å². The molecule has 0 saturated carbocycles. The summed E-state index contributed by atoms with van der Waals surface area (Å²) in [6.07, 6.45) is -0.212. The number of halogens is 1. The normalized spacial score (nSPS) is 11.0. The lowest BCUT2D eigenvalue weighted by Gasteiger charge is -2.17. The van der Waals surface area contributed by atoms with Gasteiger partial charge in [-0.25, -0.2) is 4.39 Å². The highest BCUT2D eigenvalue weighted by molar-refractivity contribution is 5.69. The number of carboxylic acid groups (broad SMARTS) is 1. The topological polar surface area (TPSA) is 76.4 Å². The molecular formula is C35H32FN2O4-. The Kier molecular flexibility index (Phi) is 8.97. The van der Waals surface area contributed by atoms with Crippen molar-refractivity contribution < 1.29 is 23.8 Å². The Bertz CT molecular complexity index is 1650. The SMILES string of the molecule is CC(C)Oc1cc(COc2ccc(CCC(=O)[O-])c(F)c2)ccc1Cn1nc(-c2ccccc2)cc1-c1ccccc1. The third-order valence-corrected chi connectivity index (χ3v) is 6.76. The zero-order chi connectivity index (χ0) is 29.5. The maximum Gasteiger partial charge on any atom is 0.130 e. The molecule has 0 aliphatic heterocycles. The van der Waals surface area contributed by atoms with E-state index in [0.29, 0.717) is 17.9 Å². The van der Waals surface area contributed by atoms with E-state index in [1.807, 2.05) is 73.1 Å². The fourth-order valence-corrected chi connectivity index (χ4v) is 4.70. The van der Waals surface area contributed by atoms with Crippen LogP contribution in [0.4, 0.5) is 4.39 Å². The maximum absolute atomic E-state index is 14.4. The molecule has 5 aromatic rings. The third kappa shape index (κ3) is 7.23. The van der Waals surface area contributed by atoms with Gasteiger partial charge in [-0.2, -0.15) is 5.10 Å². The molecule has 0 atom stereocenters. The summed E-state index contributed by atoms with van der Waals surface area (Å²) in [5.74, 6) is -0.627. The standard InChI is InChI=1S/C35H33FN2O4/c1-24(2)42-34-19-25(23-41-30-17-15-26(31(36)20-30)16-18-35(39)40)13-14-29(34)22-38-33(28-11-7-4-8-12-28)21-32(37-38)27-9-5-3-6-10-27/h3-15,17,19-21,24H,16,18,22-23H2,1-2H3,(H,39,40)/p-1. The molecule has 7 heteroatoms. The number of aliphatic carboxylic acids is 1. The summed E-state index contributed by atoms with van der Waals surface area (Å²) in [5, 5.41) is 15.7. The first kappa shape index (κ1) is 28.6. The summed E-state index contributed by atoms with van der Waals surface area (Å²) in [7, 11) is 0. The summed E-state index contributed by atoms with van der Waals surface area (Å²) in [6, 6.07) is 32.8. The lowest BCUT2D eigenvalue weighted by molar-refractivity contribution is -0.305. The van der Waals surface area contributed by atoms with Gasteiger partial charge in [0.1, 0.15) is 23.9 Å². The lowest BCUT2D eigenvalue weighted by atomic mass is 10.1. The van der Waals surface area contributed by atoms with E-state index < -0.39 is 11.8 Å². The molecule has 0 amide bonds.